The molecule has 1 aromatic rings. The first-order valence-electron chi connectivity index (χ1n) is 4.18. The zero-order valence-corrected chi connectivity index (χ0v) is 7.58. The molecule has 0 bridgehead atoms. The van der Waals surface area contributed by atoms with Crippen LogP contribution in [0.2, 0.25) is 0 Å². The van der Waals surface area contributed by atoms with E-state index in [1.54, 1.807) is 7.11 Å². The Morgan fingerprint density at radius 1 is 1.42 bits per heavy atom. The first kappa shape index (κ1) is 9.07. The van der Waals surface area contributed by atoms with Gasteiger partial charge >= 0.3 is 0 Å². The summed E-state index contributed by atoms with van der Waals surface area (Å²) in [6.45, 7) is 2.07. The molecular weight excluding hydrogens is 150 g/mol. The first-order valence-corrected chi connectivity index (χ1v) is 4.18. The van der Waals surface area contributed by atoms with E-state index in [0.717, 1.165) is 17.7 Å². The third-order valence-corrected chi connectivity index (χ3v) is 1.98. The average Bonchev–Trinajstić information content (AvgIpc) is 2.16. The lowest BCUT2D eigenvalue weighted by atomic mass is 10.0. The molecular formula is C10H15NO. The molecule has 2 nitrogen and oxygen atoms in total. The normalized spacial score (nSPS) is 12.6. The predicted molar refractivity (Wildman–Crippen MR) is 50.2 cm³/mol. The molecule has 0 amide bonds. The van der Waals surface area contributed by atoms with Crippen LogP contribution in [0.1, 0.15) is 24.9 Å². The number of nitrogens with two attached hydrogens (primary N) is 1. The molecule has 66 valence electrons. The maximum absolute atomic E-state index is 5.89. The van der Waals surface area contributed by atoms with Crippen molar-refractivity contribution in [3.63, 3.8) is 0 Å². The van der Waals surface area contributed by atoms with Crippen molar-refractivity contribution in [3.8, 4) is 5.75 Å². The third kappa shape index (κ3) is 1.77. The van der Waals surface area contributed by atoms with Gasteiger partial charge in [-0.25, -0.2) is 0 Å². The van der Waals surface area contributed by atoms with Crippen molar-refractivity contribution in [1.29, 1.82) is 0 Å². The largest absolute Gasteiger partial charge is 0.496 e. The highest BCUT2D eigenvalue weighted by Gasteiger charge is 2.07. The van der Waals surface area contributed by atoms with Gasteiger partial charge in [0.15, 0.2) is 0 Å². The molecule has 0 aromatic heterocycles. The van der Waals surface area contributed by atoms with E-state index < -0.39 is 0 Å². The highest BCUT2D eigenvalue weighted by atomic mass is 16.5. The van der Waals surface area contributed by atoms with Crippen molar-refractivity contribution in [2.24, 2.45) is 5.73 Å². The summed E-state index contributed by atoms with van der Waals surface area (Å²) < 4.78 is 5.19. The minimum absolute atomic E-state index is 0.0844. The topological polar surface area (TPSA) is 35.2 Å². The molecule has 0 spiro atoms. The fourth-order valence-electron chi connectivity index (χ4n) is 1.19. The van der Waals surface area contributed by atoms with E-state index in [1.807, 2.05) is 24.3 Å². The Morgan fingerprint density at radius 3 is 2.67 bits per heavy atom. The monoisotopic (exact) mass is 165 g/mol. The second-order valence-electron chi connectivity index (χ2n) is 2.76. The summed E-state index contributed by atoms with van der Waals surface area (Å²) in [5, 5.41) is 0. The van der Waals surface area contributed by atoms with E-state index in [-0.39, 0.29) is 6.04 Å². The molecule has 0 radical (unpaired) electrons. The lowest BCUT2D eigenvalue weighted by Gasteiger charge is -2.12. The van der Waals surface area contributed by atoms with Crippen LogP contribution >= 0.6 is 0 Å². The Bertz CT molecular complexity index is 247. The number of methoxy groups -OCH3 is 1. The summed E-state index contributed by atoms with van der Waals surface area (Å²) in [4.78, 5) is 0. The fraction of sp³-hybridized carbons (Fsp3) is 0.400. The Hall–Kier alpha value is -1.02. The molecule has 0 aliphatic rings. The maximum atomic E-state index is 5.89. The number of hydrogen-bond donors (Lipinski definition) is 1. The summed E-state index contributed by atoms with van der Waals surface area (Å²) in [6.07, 6.45) is 0.931. The van der Waals surface area contributed by atoms with Gasteiger partial charge in [-0.2, -0.15) is 0 Å². The van der Waals surface area contributed by atoms with Crippen molar-refractivity contribution in [3.05, 3.63) is 29.8 Å². The fourth-order valence-corrected chi connectivity index (χ4v) is 1.19. The summed E-state index contributed by atoms with van der Waals surface area (Å²) in [5.41, 5.74) is 6.98. The maximum Gasteiger partial charge on any atom is 0.123 e. The SMILES string of the molecule is CC[C@H](N)c1ccccc1OC. The summed E-state index contributed by atoms with van der Waals surface area (Å²) in [7, 11) is 1.67. The summed E-state index contributed by atoms with van der Waals surface area (Å²) in [5.74, 6) is 0.881. The highest BCUT2D eigenvalue weighted by Crippen LogP contribution is 2.24. The van der Waals surface area contributed by atoms with Crippen LogP contribution in [0.4, 0.5) is 0 Å². The van der Waals surface area contributed by atoms with Crippen LogP contribution in [0.3, 0.4) is 0 Å². The Labute approximate surface area is 73.3 Å². The Kier molecular flexibility index (Phi) is 3.11. The lowest BCUT2D eigenvalue weighted by molar-refractivity contribution is 0.405. The summed E-state index contributed by atoms with van der Waals surface area (Å²) in [6, 6.07) is 7.96. The van der Waals surface area contributed by atoms with Crippen LogP contribution in [-0.4, -0.2) is 7.11 Å². The van der Waals surface area contributed by atoms with Gasteiger partial charge in [-0.1, -0.05) is 25.1 Å². The van der Waals surface area contributed by atoms with Crippen molar-refractivity contribution in [2.75, 3.05) is 7.11 Å². The average molecular weight is 165 g/mol. The third-order valence-electron chi connectivity index (χ3n) is 1.98. The molecule has 0 heterocycles. The van der Waals surface area contributed by atoms with Crippen molar-refractivity contribution in [1.82, 2.24) is 0 Å². The zero-order valence-electron chi connectivity index (χ0n) is 7.58. The molecule has 2 N–H and O–H groups in total. The molecule has 12 heavy (non-hydrogen) atoms. The van der Waals surface area contributed by atoms with Gasteiger partial charge in [0, 0.05) is 11.6 Å². The molecule has 0 aliphatic carbocycles. The van der Waals surface area contributed by atoms with Crippen molar-refractivity contribution < 1.29 is 4.74 Å². The number of rotatable bonds is 3. The highest BCUT2D eigenvalue weighted by molar-refractivity contribution is 5.35. The van der Waals surface area contributed by atoms with E-state index in [2.05, 4.69) is 6.92 Å². The van der Waals surface area contributed by atoms with Crippen molar-refractivity contribution >= 4 is 0 Å². The minimum atomic E-state index is 0.0844. The van der Waals surface area contributed by atoms with Gasteiger partial charge in [0.2, 0.25) is 0 Å². The van der Waals surface area contributed by atoms with Gasteiger partial charge in [-0.3, -0.25) is 0 Å². The number of hydrogen-bond acceptors (Lipinski definition) is 2. The van der Waals surface area contributed by atoms with E-state index in [4.69, 9.17) is 10.5 Å². The van der Waals surface area contributed by atoms with Gasteiger partial charge in [0.1, 0.15) is 5.75 Å². The molecule has 0 aliphatic heterocycles. The standard InChI is InChI=1S/C10H15NO/c1-3-9(11)8-6-4-5-7-10(8)12-2/h4-7,9H,3,11H2,1-2H3/t9-/m0/s1. The van der Waals surface area contributed by atoms with Gasteiger partial charge in [0.05, 0.1) is 7.11 Å². The lowest BCUT2D eigenvalue weighted by Crippen LogP contribution is -2.09. The van der Waals surface area contributed by atoms with Gasteiger partial charge < -0.3 is 10.5 Å². The molecule has 0 saturated heterocycles. The quantitative estimate of drug-likeness (QED) is 0.744. The van der Waals surface area contributed by atoms with E-state index in [0.29, 0.717) is 0 Å². The molecule has 1 atom stereocenters. The van der Waals surface area contributed by atoms with Gasteiger partial charge in [-0.05, 0) is 12.5 Å². The van der Waals surface area contributed by atoms with Crippen LogP contribution < -0.4 is 10.5 Å². The van der Waals surface area contributed by atoms with Crippen LogP contribution in [0.25, 0.3) is 0 Å². The Morgan fingerprint density at radius 2 is 2.08 bits per heavy atom. The summed E-state index contributed by atoms with van der Waals surface area (Å²) >= 11 is 0. The Balaban J connectivity index is 2.96. The smallest absolute Gasteiger partial charge is 0.123 e. The second-order valence-corrected chi connectivity index (χ2v) is 2.76. The number of benzene rings is 1. The van der Waals surface area contributed by atoms with Crippen molar-refractivity contribution in [2.45, 2.75) is 19.4 Å². The molecule has 0 unspecified atom stereocenters. The molecule has 1 aromatic carbocycles. The molecule has 0 saturated carbocycles. The van der Waals surface area contributed by atoms with E-state index >= 15 is 0 Å². The van der Waals surface area contributed by atoms with Crippen LogP contribution in [0.5, 0.6) is 5.75 Å². The first-order chi connectivity index (χ1) is 5.79. The van der Waals surface area contributed by atoms with E-state index in [1.165, 1.54) is 0 Å². The molecule has 1 rings (SSSR count). The van der Waals surface area contributed by atoms with Crippen LogP contribution in [0, 0.1) is 0 Å². The van der Waals surface area contributed by atoms with Crippen LogP contribution in [0.15, 0.2) is 24.3 Å². The number of ether oxygens (including phenoxy) is 1. The van der Waals surface area contributed by atoms with E-state index in [9.17, 15) is 0 Å². The number of para-hydroxylation sites is 1. The van der Waals surface area contributed by atoms with Gasteiger partial charge in [0.25, 0.3) is 0 Å². The van der Waals surface area contributed by atoms with Gasteiger partial charge in [-0.15, -0.1) is 0 Å². The van der Waals surface area contributed by atoms with Crippen LogP contribution in [-0.2, 0) is 0 Å². The molecule has 0 fully saturated rings. The minimum Gasteiger partial charge on any atom is -0.496 e. The zero-order chi connectivity index (χ0) is 8.97. The second kappa shape index (κ2) is 4.12. The molecule has 2 heteroatoms. The predicted octanol–water partition coefficient (Wildman–Crippen LogP) is 2.10.